The quantitative estimate of drug-likeness (QED) is 0.225. The van der Waals surface area contributed by atoms with Crippen molar-refractivity contribution in [3.63, 3.8) is 0 Å². The van der Waals surface area contributed by atoms with Crippen molar-refractivity contribution in [1.82, 2.24) is 0 Å². The molecule has 0 bridgehead atoms. The molecule has 7 heteroatoms. The molecule has 0 fully saturated rings. The van der Waals surface area contributed by atoms with Crippen molar-refractivity contribution in [2.75, 3.05) is 11.1 Å². The van der Waals surface area contributed by atoms with Crippen LogP contribution >= 0.6 is 0 Å². The molecule has 6 nitrogen and oxygen atoms in total. The van der Waals surface area contributed by atoms with Crippen molar-refractivity contribution in [3.8, 4) is 0 Å². The fourth-order valence-electron chi connectivity index (χ4n) is 3.77. The molecule has 0 saturated heterocycles. The highest BCUT2D eigenvalue weighted by molar-refractivity contribution is 7.85. The summed E-state index contributed by atoms with van der Waals surface area (Å²) >= 11 is 0. The first kappa shape index (κ1) is 26.4. The van der Waals surface area contributed by atoms with Gasteiger partial charge in [0.05, 0.1) is 5.75 Å². The number of rotatable bonds is 10. The Morgan fingerprint density at radius 3 is 2.49 bits per heavy atom. The van der Waals surface area contributed by atoms with Gasteiger partial charge in [-0.05, 0) is 66.5 Å². The molecule has 3 rings (SSSR count). The van der Waals surface area contributed by atoms with Crippen molar-refractivity contribution >= 4 is 32.9 Å². The van der Waals surface area contributed by atoms with E-state index in [4.69, 9.17) is 14.4 Å². The van der Waals surface area contributed by atoms with Gasteiger partial charge in [0.15, 0.2) is 0 Å². The number of aryl methyl sites for hydroxylation is 1. The Morgan fingerprint density at radius 1 is 1.06 bits per heavy atom. The second-order valence-corrected chi connectivity index (χ2v) is 11.4. The van der Waals surface area contributed by atoms with E-state index in [2.05, 4.69) is 26.1 Å². The van der Waals surface area contributed by atoms with E-state index in [1.807, 2.05) is 73.0 Å². The molecule has 3 N–H and O–H groups in total. The van der Waals surface area contributed by atoms with Gasteiger partial charge >= 0.3 is 0 Å². The number of hydrogen-bond acceptors (Lipinski definition) is 5. The molecule has 0 aliphatic carbocycles. The Bertz CT molecular complexity index is 1370. The van der Waals surface area contributed by atoms with E-state index < -0.39 is 10.1 Å². The molecule has 2 aromatic carbocycles. The maximum atomic E-state index is 11.0. The lowest BCUT2D eigenvalue weighted by atomic mass is 9.87. The van der Waals surface area contributed by atoms with Crippen LogP contribution in [0.4, 0.5) is 5.69 Å². The molecule has 0 spiro atoms. The predicted molar refractivity (Wildman–Crippen MR) is 143 cm³/mol. The molecule has 0 amide bonds. The van der Waals surface area contributed by atoms with E-state index >= 15 is 0 Å². The first-order valence-electron chi connectivity index (χ1n) is 11.7. The van der Waals surface area contributed by atoms with E-state index in [1.54, 1.807) is 0 Å². The molecule has 3 aromatic rings. The van der Waals surface area contributed by atoms with Gasteiger partial charge in [-0.25, -0.2) is 0 Å². The van der Waals surface area contributed by atoms with Crippen LogP contribution in [-0.2, 0) is 23.0 Å². The minimum atomic E-state index is -3.98. The molecule has 0 saturated carbocycles. The average Bonchev–Trinajstić information content (AvgIpc) is 2.77. The van der Waals surface area contributed by atoms with Crippen LogP contribution in [0.3, 0.4) is 0 Å². The molecule has 1 heterocycles. The van der Waals surface area contributed by atoms with Gasteiger partial charge in [0.1, 0.15) is 5.58 Å². The summed E-state index contributed by atoms with van der Waals surface area (Å²) in [5.41, 5.74) is 4.57. The van der Waals surface area contributed by atoms with Gasteiger partial charge in [-0.15, -0.1) is 0 Å². The van der Waals surface area contributed by atoms with E-state index in [0.29, 0.717) is 18.4 Å². The summed E-state index contributed by atoms with van der Waals surface area (Å²) in [6.45, 7) is 6.55. The molecule has 0 radical (unpaired) electrons. The number of fused-ring (bicyclic) bond motifs is 1. The molecule has 35 heavy (non-hydrogen) atoms. The number of para-hydroxylation sites is 1. The summed E-state index contributed by atoms with van der Waals surface area (Å²) in [6.07, 6.45) is 10.2. The number of nitrogens with one attached hydrogen (secondary N) is 2. The number of hydrogen-bond donors (Lipinski definition) is 3. The van der Waals surface area contributed by atoms with Gasteiger partial charge < -0.3 is 9.73 Å². The van der Waals surface area contributed by atoms with Crippen molar-refractivity contribution in [1.29, 1.82) is 5.41 Å². The van der Waals surface area contributed by atoms with Gasteiger partial charge in [-0.1, -0.05) is 63.3 Å². The van der Waals surface area contributed by atoms with Gasteiger partial charge in [-0.2, -0.15) is 8.42 Å². The maximum Gasteiger partial charge on any atom is 0.264 e. The summed E-state index contributed by atoms with van der Waals surface area (Å²) in [5, 5.41) is 12.7. The number of anilines is 1. The highest BCUT2D eigenvalue weighted by Crippen LogP contribution is 2.27. The fraction of sp³-hybridized carbons (Fsp3) is 0.321. The van der Waals surface area contributed by atoms with Gasteiger partial charge in [-0.3, -0.25) is 9.96 Å². The number of benzene rings is 2. The van der Waals surface area contributed by atoms with Crippen LogP contribution in [0.5, 0.6) is 0 Å². The van der Waals surface area contributed by atoms with E-state index in [1.165, 1.54) is 0 Å². The maximum absolute atomic E-state index is 11.0. The zero-order chi connectivity index (χ0) is 25.5. The Balaban J connectivity index is 1.91. The Hall–Kier alpha value is -3.16. The molecule has 0 aliphatic rings. The van der Waals surface area contributed by atoms with Crippen LogP contribution in [0.2, 0.25) is 0 Å². The molecule has 0 unspecified atom stereocenters. The van der Waals surface area contributed by atoms with Crippen molar-refractivity contribution in [2.45, 2.75) is 46.5 Å². The smallest absolute Gasteiger partial charge is 0.264 e. The lowest BCUT2D eigenvalue weighted by Gasteiger charge is -2.19. The standard InChI is InChI=1S/C28H34N2O4S/c1-28(2,3)17-16-25-23(13-7-8-18-30-22-11-5-4-6-12-22)24-15-14-21(10-9-19-35(31,32)33)20-26(24)34-27(25)29/h4-8,11-15,18,20,29-30H,9-10,16-17,19H2,1-3H3,(H,31,32,33). The molecular formula is C28H34N2O4S. The third-order valence-corrected chi connectivity index (χ3v) is 6.44. The third-order valence-electron chi connectivity index (χ3n) is 5.63. The summed E-state index contributed by atoms with van der Waals surface area (Å²) < 4.78 is 36.9. The minimum absolute atomic E-state index is 0.124. The lowest BCUT2D eigenvalue weighted by molar-refractivity contribution is 0.374. The lowest BCUT2D eigenvalue weighted by Crippen LogP contribution is -2.15. The Morgan fingerprint density at radius 2 is 1.80 bits per heavy atom. The van der Waals surface area contributed by atoms with Crippen LogP contribution in [0.1, 0.15) is 50.3 Å². The van der Waals surface area contributed by atoms with Crippen molar-refractivity contribution in [2.24, 2.45) is 5.41 Å². The zero-order valence-corrected chi connectivity index (χ0v) is 21.4. The second-order valence-electron chi connectivity index (χ2n) is 9.83. The van der Waals surface area contributed by atoms with Gasteiger partial charge in [0.25, 0.3) is 10.1 Å². The highest BCUT2D eigenvalue weighted by atomic mass is 32.2. The molecule has 1 aromatic heterocycles. The molecular weight excluding hydrogens is 460 g/mol. The van der Waals surface area contributed by atoms with E-state index in [0.717, 1.165) is 40.6 Å². The highest BCUT2D eigenvalue weighted by Gasteiger charge is 2.16. The summed E-state index contributed by atoms with van der Waals surface area (Å²) in [4.78, 5) is 0. The van der Waals surface area contributed by atoms with Crippen LogP contribution in [0, 0.1) is 10.8 Å². The second kappa shape index (κ2) is 11.5. The SMILES string of the molecule is CC(C)(C)CCc1c(C=CC=CNc2ccccc2)c2ccc(CCCS(=O)(=O)O)cc2oc1=N. The largest absolute Gasteiger partial charge is 0.439 e. The Kier molecular flexibility index (Phi) is 8.70. The predicted octanol–water partition coefficient (Wildman–Crippen LogP) is 6.35. The van der Waals surface area contributed by atoms with Crippen LogP contribution < -0.4 is 10.9 Å². The first-order chi connectivity index (χ1) is 16.5. The molecule has 0 aliphatic heterocycles. The molecule has 186 valence electrons. The van der Waals surface area contributed by atoms with Gasteiger partial charge in [0.2, 0.25) is 5.55 Å². The van der Waals surface area contributed by atoms with Crippen LogP contribution in [-0.4, -0.2) is 18.7 Å². The fourth-order valence-corrected chi connectivity index (χ4v) is 4.28. The monoisotopic (exact) mass is 494 g/mol. The first-order valence-corrected chi connectivity index (χ1v) is 13.4. The van der Waals surface area contributed by atoms with Gasteiger partial charge in [0, 0.05) is 22.8 Å². The average molecular weight is 495 g/mol. The Labute approximate surface area is 207 Å². The summed E-state index contributed by atoms with van der Waals surface area (Å²) in [7, 11) is -3.98. The van der Waals surface area contributed by atoms with E-state index in [-0.39, 0.29) is 16.7 Å². The normalized spacial score (nSPS) is 12.7. The number of allylic oxidation sites excluding steroid dienone is 2. The summed E-state index contributed by atoms with van der Waals surface area (Å²) in [6, 6.07) is 15.7. The zero-order valence-electron chi connectivity index (χ0n) is 20.5. The van der Waals surface area contributed by atoms with E-state index in [9.17, 15) is 8.42 Å². The molecule has 0 atom stereocenters. The minimum Gasteiger partial charge on any atom is -0.439 e. The van der Waals surface area contributed by atoms with Crippen molar-refractivity contribution < 1.29 is 17.4 Å². The van der Waals surface area contributed by atoms with Crippen LogP contribution in [0.25, 0.3) is 17.0 Å². The van der Waals surface area contributed by atoms with Crippen LogP contribution in [0.15, 0.2) is 71.3 Å². The third kappa shape index (κ3) is 8.53. The van der Waals surface area contributed by atoms with Crippen molar-refractivity contribution in [3.05, 3.63) is 89.1 Å². The summed E-state index contributed by atoms with van der Waals surface area (Å²) in [5.74, 6) is -0.283. The topological polar surface area (TPSA) is 103 Å².